The molecule has 2 saturated heterocycles. The first-order chi connectivity index (χ1) is 9.78. The predicted molar refractivity (Wildman–Crippen MR) is 75.6 cm³/mol. The van der Waals surface area contributed by atoms with Crippen LogP contribution in [0.5, 0.6) is 0 Å². The van der Waals surface area contributed by atoms with E-state index < -0.39 is 17.3 Å². The first kappa shape index (κ1) is 15.6. The Morgan fingerprint density at radius 2 is 1.90 bits per heavy atom. The van der Waals surface area contributed by atoms with Crippen molar-refractivity contribution >= 4 is 17.9 Å². The predicted octanol–water partition coefficient (Wildman–Crippen LogP) is 0.217. The molecule has 0 bridgehead atoms. The Bertz CT molecular complexity index is 467. The van der Waals surface area contributed by atoms with Crippen molar-refractivity contribution < 1.29 is 19.5 Å². The zero-order valence-electron chi connectivity index (χ0n) is 12.8. The van der Waals surface area contributed by atoms with Crippen LogP contribution in [0.1, 0.15) is 20.3 Å². The lowest BCUT2D eigenvalue weighted by Gasteiger charge is -2.26. The third-order valence-electron chi connectivity index (χ3n) is 4.72. The summed E-state index contributed by atoms with van der Waals surface area (Å²) >= 11 is 0. The van der Waals surface area contributed by atoms with Gasteiger partial charge in [-0.25, -0.2) is 4.79 Å². The van der Waals surface area contributed by atoms with E-state index in [0.717, 1.165) is 0 Å². The minimum Gasteiger partial charge on any atom is -0.481 e. The number of carbonyl (C=O) groups excluding carboxylic acids is 2. The third-order valence-corrected chi connectivity index (χ3v) is 4.72. The number of carboxylic acid groups (broad SMARTS) is 1. The number of carbonyl (C=O) groups is 3. The number of amides is 3. The smallest absolute Gasteiger partial charge is 0.320 e. The first-order valence-corrected chi connectivity index (χ1v) is 7.27. The molecule has 0 radical (unpaired) electrons. The number of hydrogen-bond donors (Lipinski definition) is 2. The van der Waals surface area contributed by atoms with E-state index in [2.05, 4.69) is 5.32 Å². The Hall–Kier alpha value is -1.79. The van der Waals surface area contributed by atoms with E-state index in [0.29, 0.717) is 26.1 Å². The van der Waals surface area contributed by atoms with E-state index >= 15 is 0 Å². The molecule has 3 unspecified atom stereocenters. The normalized spacial score (nSPS) is 32.3. The number of rotatable bonds is 2. The number of aliphatic carboxylic acids is 1. The maximum absolute atomic E-state index is 12.5. The number of hydrogen-bond acceptors (Lipinski definition) is 3. The van der Waals surface area contributed by atoms with Crippen molar-refractivity contribution in [1.82, 2.24) is 15.1 Å². The Balaban J connectivity index is 2.00. The molecule has 2 fully saturated rings. The highest BCUT2D eigenvalue weighted by molar-refractivity contribution is 5.84. The van der Waals surface area contributed by atoms with E-state index in [1.54, 1.807) is 16.8 Å². The van der Waals surface area contributed by atoms with Crippen molar-refractivity contribution in [3.05, 3.63) is 0 Å². The highest BCUT2D eigenvalue weighted by Crippen LogP contribution is 2.32. The lowest BCUT2D eigenvalue weighted by atomic mass is 9.89. The second-order valence-electron chi connectivity index (χ2n) is 6.42. The summed E-state index contributed by atoms with van der Waals surface area (Å²) < 4.78 is 0. The van der Waals surface area contributed by atoms with Gasteiger partial charge in [-0.05, 0) is 19.3 Å². The van der Waals surface area contributed by atoms with Gasteiger partial charge < -0.3 is 20.2 Å². The van der Waals surface area contributed by atoms with Crippen molar-refractivity contribution in [3.8, 4) is 0 Å². The second-order valence-corrected chi connectivity index (χ2v) is 6.42. The Morgan fingerprint density at radius 3 is 2.43 bits per heavy atom. The molecule has 2 aliphatic heterocycles. The molecule has 118 valence electrons. The lowest BCUT2D eigenvalue weighted by molar-refractivity contribution is -0.142. The van der Waals surface area contributed by atoms with E-state index in [9.17, 15) is 14.4 Å². The Labute approximate surface area is 124 Å². The molecule has 0 saturated carbocycles. The van der Waals surface area contributed by atoms with E-state index in [4.69, 9.17) is 5.11 Å². The average Bonchev–Trinajstić information content (AvgIpc) is 3.01. The molecule has 3 amide bonds. The van der Waals surface area contributed by atoms with E-state index in [1.807, 2.05) is 13.8 Å². The van der Waals surface area contributed by atoms with Crippen molar-refractivity contribution in [2.75, 3.05) is 33.2 Å². The second kappa shape index (κ2) is 5.54. The summed E-state index contributed by atoms with van der Waals surface area (Å²) in [6.07, 6.45) is 0.629. The van der Waals surface area contributed by atoms with Gasteiger partial charge in [-0.2, -0.15) is 0 Å². The summed E-state index contributed by atoms with van der Waals surface area (Å²) in [6, 6.07) is -0.154. The zero-order valence-corrected chi connectivity index (χ0v) is 12.8. The van der Waals surface area contributed by atoms with Crippen LogP contribution in [-0.4, -0.2) is 66.0 Å². The number of urea groups is 1. The zero-order chi connectivity index (χ0) is 15.8. The van der Waals surface area contributed by atoms with Crippen LogP contribution in [0.2, 0.25) is 0 Å². The molecule has 0 aromatic carbocycles. The average molecular weight is 297 g/mol. The van der Waals surface area contributed by atoms with Gasteiger partial charge in [0.2, 0.25) is 5.91 Å². The van der Waals surface area contributed by atoms with Gasteiger partial charge in [0, 0.05) is 33.2 Å². The van der Waals surface area contributed by atoms with Gasteiger partial charge in [0.15, 0.2) is 0 Å². The molecule has 0 aliphatic carbocycles. The lowest BCUT2D eigenvalue weighted by Crippen LogP contribution is -2.44. The van der Waals surface area contributed by atoms with Gasteiger partial charge >= 0.3 is 12.0 Å². The fourth-order valence-electron chi connectivity index (χ4n) is 3.26. The van der Waals surface area contributed by atoms with Crippen LogP contribution in [0.4, 0.5) is 4.79 Å². The molecule has 21 heavy (non-hydrogen) atoms. The van der Waals surface area contributed by atoms with Crippen LogP contribution in [-0.2, 0) is 9.59 Å². The monoisotopic (exact) mass is 297 g/mol. The van der Waals surface area contributed by atoms with Gasteiger partial charge in [0.05, 0.1) is 11.3 Å². The van der Waals surface area contributed by atoms with E-state index in [-0.39, 0.29) is 24.4 Å². The van der Waals surface area contributed by atoms with Gasteiger partial charge in [0.25, 0.3) is 0 Å². The Morgan fingerprint density at radius 1 is 1.24 bits per heavy atom. The molecule has 2 aliphatic rings. The number of likely N-dealkylation sites (tertiary alicyclic amines) is 2. The molecular formula is C14H23N3O4. The molecule has 2 heterocycles. The molecule has 0 spiro atoms. The van der Waals surface area contributed by atoms with Crippen molar-refractivity contribution in [1.29, 1.82) is 0 Å². The van der Waals surface area contributed by atoms with E-state index in [1.165, 1.54) is 0 Å². The van der Waals surface area contributed by atoms with Crippen molar-refractivity contribution in [2.45, 2.75) is 20.3 Å². The fourth-order valence-corrected chi connectivity index (χ4v) is 3.26. The van der Waals surface area contributed by atoms with Crippen LogP contribution in [0.15, 0.2) is 0 Å². The number of nitrogens with zero attached hydrogens (tertiary/aromatic N) is 2. The molecule has 3 atom stereocenters. The highest BCUT2D eigenvalue weighted by atomic mass is 16.4. The van der Waals surface area contributed by atoms with Crippen LogP contribution in [0, 0.1) is 17.3 Å². The van der Waals surface area contributed by atoms with Crippen LogP contribution >= 0.6 is 0 Å². The van der Waals surface area contributed by atoms with Crippen LogP contribution in [0.25, 0.3) is 0 Å². The molecule has 7 nitrogen and oxygen atoms in total. The third kappa shape index (κ3) is 2.82. The molecule has 2 rings (SSSR count). The molecule has 0 aromatic rings. The fraction of sp³-hybridized carbons (Fsp3) is 0.786. The SMILES string of the molecule is CNC(=O)C1(C)CCN(C(=O)N2CC(C)C(C(=O)O)C2)C1. The van der Waals surface area contributed by atoms with Gasteiger partial charge in [0.1, 0.15) is 0 Å². The highest BCUT2D eigenvalue weighted by Gasteiger charge is 2.44. The topological polar surface area (TPSA) is 90.0 Å². The summed E-state index contributed by atoms with van der Waals surface area (Å²) in [5.41, 5.74) is -0.554. The Kier molecular flexibility index (Phi) is 4.11. The minimum atomic E-state index is -0.852. The van der Waals surface area contributed by atoms with Crippen LogP contribution in [0.3, 0.4) is 0 Å². The summed E-state index contributed by atoms with van der Waals surface area (Å²) in [4.78, 5) is 38.7. The quantitative estimate of drug-likeness (QED) is 0.763. The summed E-state index contributed by atoms with van der Waals surface area (Å²) in [5.74, 6) is -1.45. The van der Waals surface area contributed by atoms with Gasteiger partial charge in [-0.1, -0.05) is 6.92 Å². The summed E-state index contributed by atoms with van der Waals surface area (Å²) in [7, 11) is 1.59. The minimum absolute atomic E-state index is 0.0422. The maximum Gasteiger partial charge on any atom is 0.320 e. The van der Waals surface area contributed by atoms with Crippen LogP contribution < -0.4 is 5.32 Å². The maximum atomic E-state index is 12.5. The first-order valence-electron chi connectivity index (χ1n) is 7.27. The largest absolute Gasteiger partial charge is 0.481 e. The summed E-state index contributed by atoms with van der Waals surface area (Å²) in [5, 5.41) is 11.8. The van der Waals surface area contributed by atoms with Crippen molar-refractivity contribution in [3.63, 3.8) is 0 Å². The molecule has 2 N–H and O–H groups in total. The van der Waals surface area contributed by atoms with Gasteiger partial charge in [-0.3, -0.25) is 9.59 Å². The molecular weight excluding hydrogens is 274 g/mol. The molecule has 0 aromatic heterocycles. The summed E-state index contributed by atoms with van der Waals surface area (Å²) in [6.45, 7) is 5.33. The number of carboxylic acids is 1. The van der Waals surface area contributed by atoms with Crippen molar-refractivity contribution in [2.24, 2.45) is 17.3 Å². The molecule has 7 heteroatoms. The standard InChI is InChI=1S/C14H23N3O4/c1-9-6-17(7-10(9)11(18)19)13(21)16-5-4-14(2,8-16)12(20)15-3/h9-10H,4-8H2,1-3H3,(H,15,20)(H,18,19). The number of nitrogens with one attached hydrogen (secondary N) is 1. The van der Waals surface area contributed by atoms with Gasteiger partial charge in [-0.15, -0.1) is 0 Å².